The van der Waals surface area contributed by atoms with Crippen molar-refractivity contribution < 1.29 is 17.8 Å². The Hall–Kier alpha value is -2.41. The van der Waals surface area contributed by atoms with Crippen molar-refractivity contribution in [1.82, 2.24) is 0 Å². The minimum atomic E-state index is -4.77. The standard InChI is InChI=1S/C32H36O4S2/c1-29(2,3)24-16-12-22(13-17-24)23-14-18-26(19-15-23)37(25-10-8-7-9-11-25)32(38(34,35)36)27-20-21-31(6,28(32)33)30(27,4)5/h7-19,27H,20-21H2,1-6H3/p+1. The highest BCUT2D eigenvalue weighted by Gasteiger charge is 2.85. The number of hydrogen-bond acceptors (Lipinski definition) is 3. The molecule has 4 nitrogen and oxygen atoms in total. The predicted molar refractivity (Wildman–Crippen MR) is 155 cm³/mol. The van der Waals surface area contributed by atoms with E-state index >= 15 is 0 Å². The summed E-state index contributed by atoms with van der Waals surface area (Å²) in [5.41, 5.74) is 2.02. The molecule has 200 valence electrons. The Kier molecular flexibility index (Phi) is 6.29. The molecular weight excluding hydrogens is 512 g/mol. The number of fused-ring (bicyclic) bond motifs is 2. The van der Waals surface area contributed by atoms with Crippen molar-refractivity contribution in [3.8, 4) is 11.1 Å². The quantitative estimate of drug-likeness (QED) is 0.268. The Morgan fingerprint density at radius 3 is 1.76 bits per heavy atom. The molecule has 0 radical (unpaired) electrons. The maximum Gasteiger partial charge on any atom is 0.326 e. The second-order valence-corrected chi connectivity index (χ2v) is 16.6. The van der Waals surface area contributed by atoms with Crippen LogP contribution in [0.5, 0.6) is 0 Å². The monoisotopic (exact) mass is 549 g/mol. The fourth-order valence-corrected chi connectivity index (χ4v) is 12.3. The van der Waals surface area contributed by atoms with Crippen LogP contribution in [-0.2, 0) is 31.2 Å². The zero-order chi connectivity index (χ0) is 27.7. The Bertz CT molecular complexity index is 1470. The van der Waals surface area contributed by atoms with Crippen LogP contribution in [0.2, 0.25) is 0 Å². The molecule has 2 aliphatic carbocycles. The van der Waals surface area contributed by atoms with Gasteiger partial charge in [-0.05, 0) is 76.8 Å². The summed E-state index contributed by atoms with van der Waals surface area (Å²) in [7, 11) is -5.99. The molecule has 4 unspecified atom stereocenters. The summed E-state index contributed by atoms with van der Waals surface area (Å²) >= 11 is 0. The van der Waals surface area contributed by atoms with Crippen molar-refractivity contribution >= 4 is 26.8 Å². The van der Waals surface area contributed by atoms with Gasteiger partial charge < -0.3 is 0 Å². The van der Waals surface area contributed by atoms with E-state index in [1.807, 2.05) is 75.4 Å². The van der Waals surface area contributed by atoms with Crippen molar-refractivity contribution in [3.05, 3.63) is 84.4 Å². The molecule has 0 amide bonds. The molecule has 0 aromatic heterocycles. The molecule has 0 saturated heterocycles. The number of hydrogen-bond donors (Lipinski definition) is 1. The van der Waals surface area contributed by atoms with Gasteiger partial charge in [0.15, 0.2) is 9.79 Å². The van der Waals surface area contributed by atoms with Gasteiger partial charge in [-0.15, -0.1) is 0 Å². The number of benzene rings is 3. The van der Waals surface area contributed by atoms with Crippen molar-refractivity contribution in [2.45, 2.75) is 73.7 Å². The lowest BCUT2D eigenvalue weighted by Gasteiger charge is -2.34. The van der Waals surface area contributed by atoms with Crippen LogP contribution in [0.15, 0.2) is 88.7 Å². The first kappa shape index (κ1) is 27.2. The third-order valence-corrected chi connectivity index (χ3v) is 14.3. The Labute approximate surface area is 230 Å². The van der Waals surface area contributed by atoms with Crippen LogP contribution in [0.4, 0.5) is 0 Å². The summed E-state index contributed by atoms with van der Waals surface area (Å²) < 4.78 is 36.1. The lowest BCUT2D eigenvalue weighted by molar-refractivity contribution is -0.128. The molecule has 3 aromatic rings. The zero-order valence-corrected chi connectivity index (χ0v) is 24.6. The molecule has 6 heteroatoms. The van der Waals surface area contributed by atoms with Crippen molar-refractivity contribution in [2.24, 2.45) is 16.7 Å². The first-order chi connectivity index (χ1) is 17.7. The van der Waals surface area contributed by atoms with Crippen LogP contribution < -0.4 is 0 Å². The SMILES string of the molecule is CC(C)(C)c1ccc(-c2ccc([S+](c3ccccc3)C3(S(=O)(=O)O)C(=O)C4(C)CCC3C4(C)C)cc2)cc1. The van der Waals surface area contributed by atoms with E-state index in [0.29, 0.717) is 12.8 Å². The van der Waals surface area contributed by atoms with Crippen molar-refractivity contribution in [3.63, 3.8) is 0 Å². The van der Waals surface area contributed by atoms with E-state index < -0.39 is 41.8 Å². The number of Topliss-reactive ketones (excluding diaryl/α,β-unsaturated/α-hetero) is 1. The van der Waals surface area contributed by atoms with Crippen LogP contribution >= 0.6 is 0 Å². The summed E-state index contributed by atoms with van der Waals surface area (Å²) in [5, 5.41) is 0. The van der Waals surface area contributed by atoms with E-state index in [9.17, 15) is 17.8 Å². The molecule has 3 aromatic carbocycles. The number of rotatable bonds is 5. The zero-order valence-electron chi connectivity index (χ0n) is 23.0. The third kappa shape index (κ3) is 3.75. The molecule has 2 bridgehead atoms. The lowest BCUT2D eigenvalue weighted by Crippen LogP contribution is -2.58. The predicted octanol–water partition coefficient (Wildman–Crippen LogP) is 7.30. The molecule has 0 aliphatic heterocycles. The normalized spacial score (nSPS) is 27.4. The fourth-order valence-electron chi connectivity index (χ4n) is 6.74. The van der Waals surface area contributed by atoms with E-state index in [2.05, 4.69) is 45.0 Å². The van der Waals surface area contributed by atoms with E-state index in [-0.39, 0.29) is 11.2 Å². The van der Waals surface area contributed by atoms with Gasteiger partial charge >= 0.3 is 14.2 Å². The van der Waals surface area contributed by atoms with Crippen molar-refractivity contribution in [2.75, 3.05) is 0 Å². The van der Waals surface area contributed by atoms with Gasteiger partial charge in [0, 0.05) is 11.3 Å². The van der Waals surface area contributed by atoms with Crippen LogP contribution in [0.1, 0.15) is 59.9 Å². The minimum absolute atomic E-state index is 0.0636. The maximum atomic E-state index is 14.3. The highest BCUT2D eigenvalue weighted by atomic mass is 32.3. The van der Waals surface area contributed by atoms with Crippen LogP contribution in [0, 0.1) is 16.7 Å². The van der Waals surface area contributed by atoms with Gasteiger partial charge in [-0.25, -0.2) is 0 Å². The average molecular weight is 550 g/mol. The van der Waals surface area contributed by atoms with Gasteiger partial charge in [-0.2, -0.15) is 8.42 Å². The molecule has 4 atom stereocenters. The first-order valence-corrected chi connectivity index (χ1v) is 15.8. The summed E-state index contributed by atoms with van der Waals surface area (Å²) in [6, 6.07) is 25.7. The third-order valence-electron chi connectivity index (χ3n) is 9.34. The summed E-state index contributed by atoms with van der Waals surface area (Å²) in [6.45, 7) is 12.4. The molecule has 1 N–H and O–H groups in total. The summed E-state index contributed by atoms with van der Waals surface area (Å²) in [5.74, 6) is -0.835. The Balaban J connectivity index is 1.67. The largest absolute Gasteiger partial charge is 0.326 e. The van der Waals surface area contributed by atoms with E-state index in [1.165, 1.54) is 5.56 Å². The van der Waals surface area contributed by atoms with Crippen LogP contribution in [-0.4, -0.2) is 22.8 Å². The summed E-state index contributed by atoms with van der Waals surface area (Å²) in [6.07, 6.45) is 1.22. The molecular formula is C32H37O4S2+. The topological polar surface area (TPSA) is 71.4 Å². The first-order valence-electron chi connectivity index (χ1n) is 13.2. The molecule has 2 saturated carbocycles. The minimum Gasteiger partial charge on any atom is -0.292 e. The van der Waals surface area contributed by atoms with Crippen LogP contribution in [0.25, 0.3) is 11.1 Å². The molecule has 2 fully saturated rings. The van der Waals surface area contributed by atoms with Crippen molar-refractivity contribution in [1.29, 1.82) is 0 Å². The van der Waals surface area contributed by atoms with Gasteiger partial charge in [-0.1, -0.05) is 84.0 Å². The molecule has 0 spiro atoms. The Morgan fingerprint density at radius 2 is 1.32 bits per heavy atom. The second-order valence-electron chi connectivity index (χ2n) is 12.6. The fraction of sp³-hybridized carbons (Fsp3) is 0.406. The van der Waals surface area contributed by atoms with Gasteiger partial charge in [0.1, 0.15) is 0 Å². The van der Waals surface area contributed by atoms with E-state index in [1.54, 1.807) is 0 Å². The maximum absolute atomic E-state index is 14.3. The number of carbonyl (C=O) groups excluding carboxylic acids is 1. The Morgan fingerprint density at radius 1 is 0.816 bits per heavy atom. The highest BCUT2D eigenvalue weighted by Crippen LogP contribution is 2.71. The van der Waals surface area contributed by atoms with Gasteiger partial charge in [0.25, 0.3) is 0 Å². The lowest BCUT2D eigenvalue weighted by atomic mass is 9.70. The summed E-state index contributed by atoms with van der Waals surface area (Å²) in [4.78, 5) is 15.8. The highest BCUT2D eigenvalue weighted by molar-refractivity contribution is 8.12. The van der Waals surface area contributed by atoms with Gasteiger partial charge in [0.05, 0.1) is 10.9 Å². The van der Waals surface area contributed by atoms with Gasteiger partial charge in [-0.3, -0.25) is 9.35 Å². The molecule has 38 heavy (non-hydrogen) atoms. The second kappa shape index (κ2) is 8.80. The van der Waals surface area contributed by atoms with Gasteiger partial charge in [0.2, 0.25) is 5.78 Å². The number of ketones is 1. The van der Waals surface area contributed by atoms with E-state index in [4.69, 9.17) is 0 Å². The van der Waals surface area contributed by atoms with Crippen LogP contribution in [0.3, 0.4) is 0 Å². The van der Waals surface area contributed by atoms with E-state index in [0.717, 1.165) is 20.9 Å². The smallest absolute Gasteiger partial charge is 0.292 e. The average Bonchev–Trinajstić information content (AvgIpc) is 3.17. The molecule has 2 aliphatic rings. The number of carbonyl (C=O) groups is 1. The molecule has 0 heterocycles. The molecule has 5 rings (SSSR count).